The Morgan fingerprint density at radius 1 is 0.828 bits per heavy atom. The third kappa shape index (κ3) is 3.65. The van der Waals surface area contributed by atoms with Crippen molar-refractivity contribution in [2.45, 2.75) is 38.5 Å². The molecule has 0 saturated carbocycles. The van der Waals surface area contributed by atoms with Gasteiger partial charge < -0.3 is 14.5 Å². The van der Waals surface area contributed by atoms with Crippen molar-refractivity contribution >= 4 is 16.5 Å². The Morgan fingerprint density at radius 2 is 1.59 bits per heavy atom. The molecule has 5 rings (SSSR count). The van der Waals surface area contributed by atoms with Gasteiger partial charge in [-0.3, -0.25) is 0 Å². The molecule has 0 aromatic heterocycles. The maximum atomic E-state index is 5.93. The summed E-state index contributed by atoms with van der Waals surface area (Å²) in [5.41, 5.74) is 5.69. The lowest BCUT2D eigenvalue weighted by atomic mass is 9.84. The molecule has 3 aromatic rings. The average molecular weight is 387 g/mol. The van der Waals surface area contributed by atoms with E-state index in [0.717, 1.165) is 26.2 Å². The summed E-state index contributed by atoms with van der Waals surface area (Å²) in [6.07, 6.45) is 0.561. The van der Waals surface area contributed by atoms with Crippen LogP contribution in [0.3, 0.4) is 0 Å². The predicted octanol–water partition coefficient (Wildman–Crippen LogP) is 5.03. The summed E-state index contributed by atoms with van der Waals surface area (Å²) in [5, 5.41) is 2.64. The van der Waals surface area contributed by atoms with Gasteiger partial charge in [0.15, 0.2) is 0 Å². The molecule has 0 radical (unpaired) electrons. The zero-order valence-electron chi connectivity index (χ0n) is 17.6. The third-order valence-corrected chi connectivity index (χ3v) is 6.40. The summed E-state index contributed by atoms with van der Waals surface area (Å²) in [6, 6.07) is 22.7. The Morgan fingerprint density at radius 3 is 2.38 bits per heavy atom. The summed E-state index contributed by atoms with van der Waals surface area (Å²) in [4.78, 5) is 4.94. The first kappa shape index (κ1) is 18.7. The van der Waals surface area contributed by atoms with E-state index in [2.05, 4.69) is 91.4 Å². The van der Waals surface area contributed by atoms with Crippen LogP contribution >= 0.6 is 0 Å². The predicted molar refractivity (Wildman–Crippen MR) is 121 cm³/mol. The van der Waals surface area contributed by atoms with Crippen LogP contribution in [0.25, 0.3) is 10.8 Å². The Kier molecular flexibility index (Phi) is 4.81. The Bertz CT molecular complexity index is 1020. The molecular weight excluding hydrogens is 356 g/mol. The zero-order chi connectivity index (χ0) is 20.0. The molecule has 2 aliphatic rings. The highest BCUT2D eigenvalue weighted by molar-refractivity contribution is 5.83. The lowest BCUT2D eigenvalue weighted by Crippen LogP contribution is -2.45. The van der Waals surface area contributed by atoms with Gasteiger partial charge in [-0.1, -0.05) is 48.5 Å². The van der Waals surface area contributed by atoms with E-state index in [1.165, 1.54) is 33.2 Å². The van der Waals surface area contributed by atoms with Crippen LogP contribution in [0.4, 0.5) is 5.69 Å². The molecular formula is C26H30N2O. The van der Waals surface area contributed by atoms with E-state index >= 15 is 0 Å². The van der Waals surface area contributed by atoms with Gasteiger partial charge in [0.25, 0.3) is 0 Å². The Labute approximate surface area is 173 Å². The van der Waals surface area contributed by atoms with E-state index in [9.17, 15) is 0 Å². The number of hydrogen-bond acceptors (Lipinski definition) is 3. The van der Waals surface area contributed by atoms with Crippen molar-refractivity contribution < 1.29 is 4.74 Å². The van der Waals surface area contributed by atoms with Gasteiger partial charge in [-0.25, -0.2) is 0 Å². The molecule has 3 atom stereocenters. The van der Waals surface area contributed by atoms with E-state index in [0.29, 0.717) is 5.92 Å². The molecule has 0 aliphatic carbocycles. The number of fused-ring (bicyclic) bond motifs is 2. The van der Waals surface area contributed by atoms with Crippen molar-refractivity contribution in [1.29, 1.82) is 0 Å². The number of anilines is 1. The minimum atomic E-state index is 0.280. The lowest BCUT2D eigenvalue weighted by molar-refractivity contribution is -0.00522. The molecule has 1 fully saturated rings. The average Bonchev–Trinajstić information content (AvgIpc) is 2.71. The molecule has 2 heterocycles. The first-order valence-electron chi connectivity index (χ1n) is 10.8. The molecule has 3 aromatic carbocycles. The SMILES string of the molecule is CC1CN(c2ccc3c(c2)CN(C)CC3c2ccc3ccccc3c2)CC(C)O1. The van der Waals surface area contributed by atoms with Crippen LogP contribution in [0.1, 0.15) is 36.5 Å². The molecule has 150 valence electrons. The minimum absolute atomic E-state index is 0.280. The molecule has 0 spiro atoms. The van der Waals surface area contributed by atoms with Gasteiger partial charge in [0, 0.05) is 37.8 Å². The summed E-state index contributed by atoms with van der Waals surface area (Å²) in [6.45, 7) is 8.36. The molecule has 3 heteroatoms. The number of morpholine rings is 1. The normalized spacial score (nSPS) is 25.2. The fourth-order valence-electron chi connectivity index (χ4n) is 5.13. The van der Waals surface area contributed by atoms with Crippen LogP contribution in [0.15, 0.2) is 60.7 Å². The van der Waals surface area contributed by atoms with Crippen molar-refractivity contribution in [3.8, 4) is 0 Å². The van der Waals surface area contributed by atoms with Crippen molar-refractivity contribution in [2.75, 3.05) is 31.6 Å². The zero-order valence-corrected chi connectivity index (χ0v) is 17.6. The van der Waals surface area contributed by atoms with Crippen LogP contribution < -0.4 is 4.90 Å². The summed E-state index contributed by atoms with van der Waals surface area (Å²) in [7, 11) is 2.24. The maximum Gasteiger partial charge on any atom is 0.0726 e. The lowest BCUT2D eigenvalue weighted by Gasteiger charge is -2.38. The van der Waals surface area contributed by atoms with Crippen molar-refractivity contribution in [1.82, 2.24) is 4.90 Å². The van der Waals surface area contributed by atoms with E-state index in [4.69, 9.17) is 4.74 Å². The summed E-state index contributed by atoms with van der Waals surface area (Å²) < 4.78 is 5.93. The minimum Gasteiger partial charge on any atom is -0.372 e. The molecule has 1 saturated heterocycles. The number of likely N-dealkylation sites (N-methyl/N-ethyl adjacent to an activating group) is 1. The number of rotatable bonds is 2. The fourth-order valence-corrected chi connectivity index (χ4v) is 5.13. The van der Waals surface area contributed by atoms with Crippen molar-refractivity contribution in [3.63, 3.8) is 0 Å². The highest BCUT2D eigenvalue weighted by Gasteiger charge is 2.27. The van der Waals surface area contributed by atoms with E-state index in [1.807, 2.05) is 0 Å². The van der Waals surface area contributed by atoms with Gasteiger partial charge >= 0.3 is 0 Å². The Hall–Kier alpha value is -2.36. The third-order valence-electron chi connectivity index (χ3n) is 6.40. The highest BCUT2D eigenvalue weighted by Crippen LogP contribution is 2.36. The van der Waals surface area contributed by atoms with Gasteiger partial charge in [-0.15, -0.1) is 0 Å². The summed E-state index contributed by atoms with van der Waals surface area (Å²) >= 11 is 0. The van der Waals surface area contributed by atoms with Gasteiger partial charge in [-0.05, 0) is 60.5 Å². The molecule has 3 unspecified atom stereocenters. The van der Waals surface area contributed by atoms with Crippen molar-refractivity contribution in [3.05, 3.63) is 77.4 Å². The highest BCUT2D eigenvalue weighted by atomic mass is 16.5. The second-order valence-electron chi connectivity index (χ2n) is 8.90. The molecule has 3 nitrogen and oxygen atoms in total. The second-order valence-corrected chi connectivity index (χ2v) is 8.90. The van der Waals surface area contributed by atoms with E-state index in [1.54, 1.807) is 0 Å². The van der Waals surface area contributed by atoms with E-state index in [-0.39, 0.29) is 12.2 Å². The summed E-state index contributed by atoms with van der Waals surface area (Å²) in [5.74, 6) is 0.421. The van der Waals surface area contributed by atoms with Crippen LogP contribution in [-0.4, -0.2) is 43.8 Å². The van der Waals surface area contributed by atoms with Gasteiger partial charge in [0.2, 0.25) is 0 Å². The monoisotopic (exact) mass is 386 g/mol. The smallest absolute Gasteiger partial charge is 0.0726 e. The quantitative estimate of drug-likeness (QED) is 0.614. The van der Waals surface area contributed by atoms with Gasteiger partial charge in [-0.2, -0.15) is 0 Å². The molecule has 29 heavy (non-hydrogen) atoms. The topological polar surface area (TPSA) is 15.7 Å². The van der Waals surface area contributed by atoms with E-state index < -0.39 is 0 Å². The first-order valence-corrected chi connectivity index (χ1v) is 10.8. The molecule has 0 bridgehead atoms. The van der Waals surface area contributed by atoms with Crippen LogP contribution in [-0.2, 0) is 11.3 Å². The van der Waals surface area contributed by atoms with Crippen LogP contribution in [0, 0.1) is 0 Å². The molecule has 2 aliphatic heterocycles. The largest absolute Gasteiger partial charge is 0.372 e. The number of benzene rings is 3. The molecule has 0 N–H and O–H groups in total. The maximum absolute atomic E-state index is 5.93. The number of nitrogens with zero attached hydrogens (tertiary/aromatic N) is 2. The van der Waals surface area contributed by atoms with Gasteiger partial charge in [0.1, 0.15) is 0 Å². The van der Waals surface area contributed by atoms with Crippen molar-refractivity contribution in [2.24, 2.45) is 0 Å². The number of ether oxygens (including phenoxy) is 1. The van der Waals surface area contributed by atoms with Gasteiger partial charge in [0.05, 0.1) is 12.2 Å². The Balaban J connectivity index is 1.50. The first-order chi connectivity index (χ1) is 14.1. The van der Waals surface area contributed by atoms with Crippen LogP contribution in [0.5, 0.6) is 0 Å². The standard InChI is InChI=1S/C26H30N2O/c1-18-14-28(15-19(2)29-18)24-10-11-25-23(13-24)16-27(3)17-26(25)22-9-8-20-6-4-5-7-21(20)12-22/h4-13,18-19,26H,14-17H2,1-3H3. The molecule has 0 amide bonds. The van der Waals surface area contributed by atoms with Crippen LogP contribution in [0.2, 0.25) is 0 Å². The fraction of sp³-hybridized carbons (Fsp3) is 0.385. The number of hydrogen-bond donors (Lipinski definition) is 0. The second kappa shape index (κ2) is 7.47.